The van der Waals surface area contributed by atoms with Crippen LogP contribution in [-0.4, -0.2) is 43.7 Å². The summed E-state index contributed by atoms with van der Waals surface area (Å²) in [5, 5.41) is 0. The number of halogens is 1. The van der Waals surface area contributed by atoms with Crippen molar-refractivity contribution in [3.8, 4) is 0 Å². The summed E-state index contributed by atoms with van der Waals surface area (Å²) in [7, 11) is 1.57. The van der Waals surface area contributed by atoms with E-state index in [1.807, 2.05) is 4.90 Å². The highest BCUT2D eigenvalue weighted by atomic mass is 35.5. The van der Waals surface area contributed by atoms with Gasteiger partial charge in [-0.05, 0) is 25.2 Å². The third-order valence-electron chi connectivity index (χ3n) is 2.99. The fraction of sp³-hybridized carbons (Fsp3) is 0.909. The molecule has 0 aliphatic carbocycles. The van der Waals surface area contributed by atoms with Crippen LogP contribution in [0.15, 0.2) is 0 Å². The van der Waals surface area contributed by atoms with E-state index in [1.54, 1.807) is 7.11 Å². The topological polar surface area (TPSA) is 55.6 Å². The number of rotatable bonds is 3. The molecule has 1 rings (SSSR count). The Morgan fingerprint density at radius 2 is 2.19 bits per heavy atom. The van der Waals surface area contributed by atoms with E-state index in [9.17, 15) is 4.79 Å². The molecule has 1 saturated heterocycles. The third-order valence-corrected chi connectivity index (χ3v) is 2.99. The van der Waals surface area contributed by atoms with E-state index in [2.05, 4.69) is 6.92 Å². The maximum Gasteiger partial charge on any atom is 0.241 e. The molecule has 2 unspecified atom stereocenters. The van der Waals surface area contributed by atoms with E-state index < -0.39 is 6.04 Å². The number of carbonyl (C=O) groups is 1. The molecule has 0 aromatic carbocycles. The molecule has 1 aliphatic heterocycles. The van der Waals surface area contributed by atoms with Gasteiger partial charge >= 0.3 is 0 Å². The fourth-order valence-corrected chi connectivity index (χ4v) is 1.97. The van der Waals surface area contributed by atoms with Crippen LogP contribution >= 0.6 is 12.4 Å². The van der Waals surface area contributed by atoms with Crippen molar-refractivity contribution in [2.45, 2.75) is 32.2 Å². The summed E-state index contributed by atoms with van der Waals surface area (Å²) in [5.74, 6) is 0.757. The van der Waals surface area contributed by atoms with Gasteiger partial charge in [-0.3, -0.25) is 4.79 Å². The van der Waals surface area contributed by atoms with Crippen LogP contribution in [0.25, 0.3) is 0 Å². The van der Waals surface area contributed by atoms with Crippen LogP contribution in [0, 0.1) is 5.92 Å². The monoisotopic (exact) mass is 250 g/mol. The molecule has 0 radical (unpaired) electrons. The summed E-state index contributed by atoms with van der Waals surface area (Å²) in [4.78, 5) is 13.8. The number of carbonyl (C=O) groups excluding carboxylic acids is 1. The van der Waals surface area contributed by atoms with E-state index in [1.165, 1.54) is 6.42 Å². The van der Waals surface area contributed by atoms with Crippen LogP contribution in [0.4, 0.5) is 0 Å². The van der Waals surface area contributed by atoms with Crippen molar-refractivity contribution in [3.63, 3.8) is 0 Å². The summed E-state index contributed by atoms with van der Waals surface area (Å²) in [6, 6.07) is -0.497. The van der Waals surface area contributed by atoms with Gasteiger partial charge in [0.25, 0.3) is 0 Å². The summed E-state index contributed by atoms with van der Waals surface area (Å²) in [5.41, 5.74) is 5.73. The molecule has 1 fully saturated rings. The minimum Gasteiger partial charge on any atom is -0.383 e. The smallest absolute Gasteiger partial charge is 0.241 e. The van der Waals surface area contributed by atoms with Gasteiger partial charge in [-0.1, -0.05) is 6.92 Å². The van der Waals surface area contributed by atoms with Crippen molar-refractivity contribution >= 4 is 18.3 Å². The van der Waals surface area contributed by atoms with Crippen molar-refractivity contribution in [2.24, 2.45) is 11.7 Å². The summed E-state index contributed by atoms with van der Waals surface area (Å²) >= 11 is 0. The number of hydrogen-bond donors (Lipinski definition) is 1. The van der Waals surface area contributed by atoms with Crippen LogP contribution < -0.4 is 5.73 Å². The number of amides is 1. The second-order valence-electron chi connectivity index (χ2n) is 4.42. The quantitative estimate of drug-likeness (QED) is 0.814. The second kappa shape index (κ2) is 7.87. The van der Waals surface area contributed by atoms with E-state index in [0.29, 0.717) is 6.61 Å². The van der Waals surface area contributed by atoms with Gasteiger partial charge in [0.05, 0.1) is 6.61 Å². The predicted octanol–water partition coefficient (Wildman–Crippen LogP) is 1.03. The number of likely N-dealkylation sites (tertiary alicyclic amines) is 1. The first-order valence-electron chi connectivity index (χ1n) is 5.68. The first-order chi connectivity index (χ1) is 7.15. The van der Waals surface area contributed by atoms with Gasteiger partial charge in [0, 0.05) is 20.2 Å². The minimum absolute atomic E-state index is 0. The van der Waals surface area contributed by atoms with Crippen LogP contribution in [0.1, 0.15) is 26.2 Å². The number of nitrogens with zero attached hydrogens (tertiary/aromatic N) is 1. The molecule has 0 bridgehead atoms. The molecular formula is C11H23ClN2O2. The molecule has 4 nitrogen and oxygen atoms in total. The maximum atomic E-state index is 11.9. The average molecular weight is 251 g/mol. The predicted molar refractivity (Wildman–Crippen MR) is 66.7 cm³/mol. The van der Waals surface area contributed by atoms with Crippen LogP contribution in [0.2, 0.25) is 0 Å². The lowest BCUT2D eigenvalue weighted by Crippen LogP contribution is -2.46. The standard InChI is InChI=1S/C11H22N2O2.ClH/c1-9-4-3-6-13(7-5-9)11(14)10(12)8-15-2;/h9-10H,3-8,12H2,1-2H3;1H. The zero-order chi connectivity index (χ0) is 11.3. The minimum atomic E-state index is -0.497. The van der Waals surface area contributed by atoms with E-state index >= 15 is 0 Å². The third kappa shape index (κ3) is 4.68. The molecular weight excluding hydrogens is 228 g/mol. The first kappa shape index (κ1) is 15.7. The normalized spacial score (nSPS) is 23.2. The largest absolute Gasteiger partial charge is 0.383 e. The van der Waals surface area contributed by atoms with Gasteiger partial charge in [0.2, 0.25) is 5.91 Å². The Labute approximate surface area is 104 Å². The second-order valence-corrected chi connectivity index (χ2v) is 4.42. The van der Waals surface area contributed by atoms with Crippen molar-refractivity contribution in [3.05, 3.63) is 0 Å². The van der Waals surface area contributed by atoms with E-state index in [0.717, 1.165) is 31.8 Å². The molecule has 1 heterocycles. The number of methoxy groups -OCH3 is 1. The van der Waals surface area contributed by atoms with Crippen molar-refractivity contribution in [2.75, 3.05) is 26.8 Å². The first-order valence-corrected chi connectivity index (χ1v) is 5.68. The van der Waals surface area contributed by atoms with E-state index in [4.69, 9.17) is 10.5 Å². The summed E-state index contributed by atoms with van der Waals surface area (Å²) in [6.45, 7) is 4.24. The molecule has 0 aromatic heterocycles. The van der Waals surface area contributed by atoms with Gasteiger partial charge in [-0.25, -0.2) is 0 Å². The lowest BCUT2D eigenvalue weighted by atomic mass is 10.0. The van der Waals surface area contributed by atoms with Crippen molar-refractivity contribution < 1.29 is 9.53 Å². The van der Waals surface area contributed by atoms with Crippen molar-refractivity contribution in [1.29, 1.82) is 0 Å². The van der Waals surface area contributed by atoms with Gasteiger partial charge < -0.3 is 15.4 Å². The zero-order valence-corrected chi connectivity index (χ0v) is 11.0. The molecule has 1 amide bonds. The fourth-order valence-electron chi connectivity index (χ4n) is 1.97. The number of nitrogens with two attached hydrogens (primary N) is 1. The number of ether oxygens (including phenoxy) is 1. The number of hydrogen-bond acceptors (Lipinski definition) is 3. The highest BCUT2D eigenvalue weighted by Gasteiger charge is 2.22. The Morgan fingerprint density at radius 3 is 2.81 bits per heavy atom. The summed E-state index contributed by atoms with van der Waals surface area (Å²) in [6.07, 6.45) is 3.39. The molecule has 0 spiro atoms. The Kier molecular flexibility index (Phi) is 7.72. The highest BCUT2D eigenvalue weighted by molar-refractivity contribution is 5.85. The van der Waals surface area contributed by atoms with Crippen LogP contribution in [0.3, 0.4) is 0 Å². The van der Waals surface area contributed by atoms with Crippen LogP contribution in [-0.2, 0) is 9.53 Å². The molecule has 96 valence electrons. The van der Waals surface area contributed by atoms with Gasteiger partial charge in [0.15, 0.2) is 0 Å². The van der Waals surface area contributed by atoms with E-state index in [-0.39, 0.29) is 18.3 Å². The highest BCUT2D eigenvalue weighted by Crippen LogP contribution is 2.16. The Bertz CT molecular complexity index is 214. The van der Waals surface area contributed by atoms with Gasteiger partial charge in [0.1, 0.15) is 6.04 Å². The lowest BCUT2D eigenvalue weighted by Gasteiger charge is -2.23. The Balaban J connectivity index is 0.00000225. The Hall–Kier alpha value is -0.320. The van der Waals surface area contributed by atoms with Crippen LogP contribution in [0.5, 0.6) is 0 Å². The zero-order valence-electron chi connectivity index (χ0n) is 10.1. The molecule has 0 saturated carbocycles. The molecule has 0 aromatic rings. The lowest BCUT2D eigenvalue weighted by molar-refractivity contribution is -0.133. The summed E-state index contributed by atoms with van der Waals surface area (Å²) < 4.78 is 4.90. The van der Waals surface area contributed by atoms with Crippen molar-refractivity contribution in [1.82, 2.24) is 4.90 Å². The molecule has 16 heavy (non-hydrogen) atoms. The van der Waals surface area contributed by atoms with Gasteiger partial charge in [-0.15, -0.1) is 12.4 Å². The molecule has 1 aliphatic rings. The SMILES string of the molecule is COCC(N)C(=O)N1CCCC(C)CC1.Cl. The molecule has 2 atom stereocenters. The van der Waals surface area contributed by atoms with Gasteiger partial charge in [-0.2, -0.15) is 0 Å². The average Bonchev–Trinajstić information content (AvgIpc) is 2.42. The maximum absolute atomic E-state index is 11.9. The molecule has 5 heteroatoms. The Morgan fingerprint density at radius 1 is 1.50 bits per heavy atom. The molecule has 2 N–H and O–H groups in total.